The van der Waals surface area contributed by atoms with Gasteiger partial charge in [-0.1, -0.05) is 61.5 Å². The third kappa shape index (κ3) is 6.02. The molecule has 3 aromatic rings. The number of carboxylic acids is 1. The molecule has 174 valence electrons. The highest BCUT2D eigenvalue weighted by Crippen LogP contribution is 2.23. The number of sulfonamides is 1. The van der Waals surface area contributed by atoms with E-state index in [1.165, 1.54) is 16.8 Å². The predicted octanol–water partition coefficient (Wildman–Crippen LogP) is 1.60. The van der Waals surface area contributed by atoms with Gasteiger partial charge in [-0.25, -0.2) is 23.0 Å². The van der Waals surface area contributed by atoms with Gasteiger partial charge in [0, 0.05) is 12.0 Å². The van der Waals surface area contributed by atoms with Crippen molar-refractivity contribution in [3.05, 3.63) is 66.4 Å². The molecule has 1 aromatic heterocycles. The molecule has 4 N–H and O–H groups in total. The van der Waals surface area contributed by atoms with Crippen molar-refractivity contribution in [3.63, 3.8) is 0 Å². The van der Waals surface area contributed by atoms with Crippen molar-refractivity contribution < 1.29 is 23.1 Å². The first-order valence-electron chi connectivity index (χ1n) is 10.2. The Bertz CT molecular complexity index is 1220. The molecule has 33 heavy (non-hydrogen) atoms. The van der Waals surface area contributed by atoms with Gasteiger partial charge in [0.15, 0.2) is 0 Å². The van der Waals surface area contributed by atoms with Crippen LogP contribution in [-0.4, -0.2) is 46.4 Å². The maximum atomic E-state index is 13.0. The fraction of sp³-hybridized carbons (Fsp3) is 0.273. The van der Waals surface area contributed by atoms with Crippen molar-refractivity contribution in [1.82, 2.24) is 20.3 Å². The maximum Gasteiger partial charge on any atom is 0.326 e. The van der Waals surface area contributed by atoms with Gasteiger partial charge in [-0.05, 0) is 23.6 Å². The van der Waals surface area contributed by atoms with Crippen molar-refractivity contribution in [1.29, 1.82) is 0 Å². The van der Waals surface area contributed by atoms with Crippen LogP contribution in [-0.2, 0) is 26.0 Å². The van der Waals surface area contributed by atoms with E-state index < -0.39 is 34.0 Å². The lowest BCUT2D eigenvalue weighted by molar-refractivity contribution is -0.142. The van der Waals surface area contributed by atoms with Crippen molar-refractivity contribution in [2.24, 2.45) is 11.1 Å². The van der Waals surface area contributed by atoms with Crippen molar-refractivity contribution >= 4 is 21.9 Å². The highest BCUT2D eigenvalue weighted by atomic mass is 32.2. The number of carbonyl (C=O) groups is 2. The fourth-order valence-electron chi connectivity index (χ4n) is 3.40. The number of benzene rings is 2. The summed E-state index contributed by atoms with van der Waals surface area (Å²) < 4.78 is 24.2. The molecule has 1 heterocycles. The maximum absolute atomic E-state index is 13.0. The summed E-state index contributed by atoms with van der Waals surface area (Å²) >= 11 is 0. The van der Waals surface area contributed by atoms with Crippen LogP contribution in [0.2, 0.25) is 0 Å². The van der Waals surface area contributed by atoms with Crippen LogP contribution in [0.5, 0.6) is 0 Å². The molecule has 3 rings (SSSR count). The Balaban J connectivity index is 1.80. The third-order valence-corrected chi connectivity index (χ3v) is 6.00. The normalized spacial score (nSPS) is 13.5. The Morgan fingerprint density at radius 2 is 1.73 bits per heavy atom. The van der Waals surface area contributed by atoms with E-state index in [0.717, 1.165) is 5.56 Å². The Morgan fingerprint density at radius 3 is 2.27 bits per heavy atom. The number of hydrogen-bond donors (Lipinski definition) is 3. The molecule has 2 aromatic carbocycles. The standard InChI is InChI=1S/C22H25N5O5S/c1-14(2)20(21(28)24-18(22(29)30)12-15-6-4-3-5-7-15)27-13-19(25-26-27)16-8-10-17(11-9-16)33(23,31)32/h3-11,13-14,18,20H,12H2,1-2H3,(H,24,28)(H,29,30)(H2,23,31,32). The molecule has 0 spiro atoms. The number of hydrogen-bond acceptors (Lipinski definition) is 6. The van der Waals surface area contributed by atoms with Gasteiger partial charge in [0.25, 0.3) is 0 Å². The SMILES string of the molecule is CC(C)C(C(=O)NC(Cc1ccccc1)C(=O)O)n1cc(-c2ccc(S(N)(=O)=O)cc2)nn1. The molecule has 0 aliphatic rings. The van der Waals surface area contributed by atoms with E-state index in [9.17, 15) is 23.1 Å². The topological polar surface area (TPSA) is 157 Å². The van der Waals surface area contributed by atoms with Gasteiger partial charge in [-0.2, -0.15) is 0 Å². The van der Waals surface area contributed by atoms with E-state index >= 15 is 0 Å². The first kappa shape index (κ1) is 24.1. The largest absolute Gasteiger partial charge is 0.480 e. The second kappa shape index (κ2) is 9.92. The van der Waals surface area contributed by atoms with E-state index in [1.54, 1.807) is 42.6 Å². The number of aromatic nitrogens is 3. The number of carbonyl (C=O) groups excluding carboxylic acids is 1. The van der Waals surface area contributed by atoms with Crippen LogP contribution in [0.3, 0.4) is 0 Å². The Hall–Kier alpha value is -3.57. The van der Waals surface area contributed by atoms with Crippen LogP contribution >= 0.6 is 0 Å². The zero-order chi connectivity index (χ0) is 24.2. The van der Waals surface area contributed by atoms with Crippen LogP contribution in [0.1, 0.15) is 25.5 Å². The number of aliphatic carboxylic acids is 1. The first-order valence-corrected chi connectivity index (χ1v) is 11.7. The van der Waals surface area contributed by atoms with Crippen LogP contribution in [0.15, 0.2) is 65.7 Å². The zero-order valence-corrected chi connectivity index (χ0v) is 18.9. The van der Waals surface area contributed by atoms with E-state index in [-0.39, 0.29) is 17.2 Å². The summed E-state index contributed by atoms with van der Waals surface area (Å²) in [6.07, 6.45) is 1.70. The van der Waals surface area contributed by atoms with Gasteiger partial charge in [-0.3, -0.25) is 4.79 Å². The number of nitrogens with one attached hydrogen (secondary N) is 1. The molecule has 0 bridgehead atoms. The summed E-state index contributed by atoms with van der Waals surface area (Å²) in [4.78, 5) is 24.8. The monoisotopic (exact) mass is 471 g/mol. The third-order valence-electron chi connectivity index (χ3n) is 5.07. The number of rotatable bonds is 9. The second-order valence-electron chi connectivity index (χ2n) is 7.93. The average molecular weight is 472 g/mol. The molecule has 0 saturated heterocycles. The Morgan fingerprint density at radius 1 is 1.09 bits per heavy atom. The van der Waals surface area contributed by atoms with Crippen LogP contribution in [0.4, 0.5) is 0 Å². The summed E-state index contributed by atoms with van der Waals surface area (Å²) in [5.41, 5.74) is 1.80. The van der Waals surface area contributed by atoms with Gasteiger partial charge in [-0.15, -0.1) is 5.10 Å². The summed E-state index contributed by atoms with van der Waals surface area (Å²) in [6, 6.07) is 12.9. The lowest BCUT2D eigenvalue weighted by Gasteiger charge is -2.23. The molecular formula is C22H25N5O5S. The molecule has 1 amide bonds. The summed E-state index contributed by atoms with van der Waals surface area (Å²) in [5, 5.41) is 25.5. The minimum absolute atomic E-state index is 0.0313. The first-order chi connectivity index (χ1) is 15.6. The molecule has 0 aliphatic carbocycles. The number of amides is 1. The summed E-state index contributed by atoms with van der Waals surface area (Å²) in [6.45, 7) is 3.64. The summed E-state index contributed by atoms with van der Waals surface area (Å²) in [7, 11) is -3.82. The lowest BCUT2D eigenvalue weighted by atomic mass is 10.0. The molecule has 0 fully saturated rings. The molecule has 2 atom stereocenters. The quantitative estimate of drug-likeness (QED) is 0.428. The van der Waals surface area contributed by atoms with Gasteiger partial charge >= 0.3 is 5.97 Å². The Kier molecular flexibility index (Phi) is 7.24. The number of primary sulfonamides is 1. The minimum atomic E-state index is -3.82. The highest BCUT2D eigenvalue weighted by Gasteiger charge is 2.30. The van der Waals surface area contributed by atoms with Gasteiger partial charge in [0.1, 0.15) is 17.8 Å². The Labute approximate surface area is 191 Å². The van der Waals surface area contributed by atoms with E-state index in [1.807, 2.05) is 19.9 Å². The van der Waals surface area contributed by atoms with Crippen molar-refractivity contribution in [2.75, 3.05) is 0 Å². The van der Waals surface area contributed by atoms with Gasteiger partial charge < -0.3 is 10.4 Å². The van der Waals surface area contributed by atoms with Crippen LogP contribution in [0, 0.1) is 5.92 Å². The zero-order valence-electron chi connectivity index (χ0n) is 18.1. The second-order valence-corrected chi connectivity index (χ2v) is 9.49. The number of nitrogens with zero attached hydrogens (tertiary/aromatic N) is 3. The van der Waals surface area contributed by atoms with Crippen LogP contribution in [0.25, 0.3) is 11.3 Å². The smallest absolute Gasteiger partial charge is 0.326 e. The molecular weight excluding hydrogens is 446 g/mol. The van der Waals surface area contributed by atoms with Gasteiger partial charge in [0.05, 0.1) is 11.1 Å². The van der Waals surface area contributed by atoms with E-state index in [0.29, 0.717) is 11.3 Å². The van der Waals surface area contributed by atoms with Gasteiger partial charge in [0.2, 0.25) is 15.9 Å². The van der Waals surface area contributed by atoms with E-state index in [2.05, 4.69) is 15.6 Å². The predicted molar refractivity (Wildman–Crippen MR) is 120 cm³/mol. The summed E-state index contributed by atoms with van der Waals surface area (Å²) in [5.74, 6) is -1.84. The molecule has 0 saturated carbocycles. The van der Waals surface area contributed by atoms with E-state index in [4.69, 9.17) is 5.14 Å². The number of carboxylic acid groups (broad SMARTS) is 1. The highest BCUT2D eigenvalue weighted by molar-refractivity contribution is 7.89. The molecule has 0 radical (unpaired) electrons. The fourth-order valence-corrected chi connectivity index (χ4v) is 3.91. The number of nitrogens with two attached hydrogens (primary N) is 1. The van der Waals surface area contributed by atoms with Crippen molar-refractivity contribution in [3.8, 4) is 11.3 Å². The van der Waals surface area contributed by atoms with Crippen molar-refractivity contribution in [2.45, 2.75) is 37.2 Å². The minimum Gasteiger partial charge on any atom is -0.480 e. The average Bonchev–Trinajstić information content (AvgIpc) is 3.22. The van der Waals surface area contributed by atoms with Crippen LogP contribution < -0.4 is 10.5 Å². The lowest BCUT2D eigenvalue weighted by Crippen LogP contribution is -2.46. The molecule has 11 heteroatoms. The molecule has 10 nitrogen and oxygen atoms in total. The molecule has 2 unspecified atom stereocenters. The molecule has 0 aliphatic heterocycles.